The molecule has 1 heterocycles. The highest BCUT2D eigenvalue weighted by Crippen LogP contribution is 2.25. The molecular weight excluding hydrogens is 221 g/mol. The summed E-state index contributed by atoms with van der Waals surface area (Å²) in [5.41, 5.74) is 0.944. The highest BCUT2D eigenvalue weighted by atomic mass is 32.1. The third-order valence-electron chi connectivity index (χ3n) is 2.42. The Bertz CT molecular complexity index is 461. The summed E-state index contributed by atoms with van der Waals surface area (Å²) < 4.78 is 12.7. The lowest BCUT2D eigenvalue weighted by molar-refractivity contribution is 0.628. The van der Waals surface area contributed by atoms with E-state index in [9.17, 15) is 4.39 Å². The minimum atomic E-state index is -0.204. The Kier molecular flexibility index (Phi) is 3.25. The minimum absolute atomic E-state index is 0.204. The molecule has 1 unspecified atom stereocenters. The highest BCUT2D eigenvalue weighted by molar-refractivity contribution is 7.12. The predicted molar refractivity (Wildman–Crippen MR) is 67.5 cm³/mol. The number of thiophene rings is 1. The highest BCUT2D eigenvalue weighted by Gasteiger charge is 2.07. The fourth-order valence-electron chi connectivity index (χ4n) is 1.55. The summed E-state index contributed by atoms with van der Waals surface area (Å²) in [5, 5.41) is 3.34. The van der Waals surface area contributed by atoms with E-state index in [2.05, 4.69) is 31.3 Å². The fraction of sp³-hybridized carbons (Fsp3) is 0.231. The van der Waals surface area contributed by atoms with Crippen LogP contribution in [0.4, 0.5) is 10.1 Å². The van der Waals surface area contributed by atoms with E-state index < -0.39 is 0 Å². The number of benzene rings is 1. The summed E-state index contributed by atoms with van der Waals surface area (Å²) in [5.74, 6) is -0.204. The fourth-order valence-corrected chi connectivity index (χ4v) is 2.43. The number of hydrogen-bond donors (Lipinski definition) is 1. The number of hydrogen-bond acceptors (Lipinski definition) is 2. The number of anilines is 1. The van der Waals surface area contributed by atoms with Crippen molar-refractivity contribution in [2.75, 3.05) is 5.32 Å². The van der Waals surface area contributed by atoms with Crippen molar-refractivity contribution in [3.8, 4) is 0 Å². The van der Waals surface area contributed by atoms with Crippen LogP contribution in [-0.4, -0.2) is 0 Å². The zero-order valence-electron chi connectivity index (χ0n) is 9.33. The molecule has 0 aliphatic carbocycles. The lowest BCUT2D eigenvalue weighted by Crippen LogP contribution is -2.04. The lowest BCUT2D eigenvalue weighted by atomic mass is 10.2. The van der Waals surface area contributed by atoms with Crippen molar-refractivity contribution in [1.29, 1.82) is 0 Å². The Labute approximate surface area is 98.9 Å². The molecule has 2 rings (SSSR count). The second kappa shape index (κ2) is 4.66. The molecule has 84 valence electrons. The van der Waals surface area contributed by atoms with Crippen LogP contribution in [0.5, 0.6) is 0 Å². The summed E-state index contributed by atoms with van der Waals surface area (Å²) in [6, 6.07) is 10.9. The molecule has 0 radical (unpaired) electrons. The van der Waals surface area contributed by atoms with Gasteiger partial charge in [0.25, 0.3) is 0 Å². The average Bonchev–Trinajstić information content (AvgIpc) is 2.68. The molecule has 1 atom stereocenters. The van der Waals surface area contributed by atoms with Crippen LogP contribution in [0.2, 0.25) is 0 Å². The Balaban J connectivity index is 2.07. The largest absolute Gasteiger partial charge is 0.378 e. The summed E-state index contributed by atoms with van der Waals surface area (Å²) in [4.78, 5) is 2.60. The van der Waals surface area contributed by atoms with Crippen LogP contribution in [-0.2, 0) is 0 Å². The standard InChI is InChI=1S/C13H14FNS/c1-9-3-8-13(16-9)10(2)15-12-6-4-11(14)5-7-12/h3-8,10,15H,1-2H3. The third-order valence-corrected chi connectivity index (χ3v) is 3.60. The Morgan fingerprint density at radius 1 is 1.12 bits per heavy atom. The molecule has 0 aliphatic rings. The van der Waals surface area contributed by atoms with Gasteiger partial charge in [-0.05, 0) is 50.2 Å². The first-order valence-electron chi connectivity index (χ1n) is 5.23. The second-order valence-electron chi connectivity index (χ2n) is 3.82. The molecule has 16 heavy (non-hydrogen) atoms. The van der Waals surface area contributed by atoms with Gasteiger partial charge in [-0.3, -0.25) is 0 Å². The molecule has 2 aromatic rings. The molecule has 0 fully saturated rings. The van der Waals surface area contributed by atoms with Gasteiger partial charge in [-0.15, -0.1) is 11.3 Å². The summed E-state index contributed by atoms with van der Waals surface area (Å²) in [6.07, 6.45) is 0. The zero-order valence-corrected chi connectivity index (χ0v) is 10.1. The van der Waals surface area contributed by atoms with E-state index in [0.717, 1.165) is 5.69 Å². The molecular formula is C13H14FNS. The van der Waals surface area contributed by atoms with Crippen molar-refractivity contribution in [3.05, 3.63) is 52.0 Å². The van der Waals surface area contributed by atoms with Gasteiger partial charge in [0.1, 0.15) is 5.82 Å². The van der Waals surface area contributed by atoms with Gasteiger partial charge in [-0.25, -0.2) is 4.39 Å². The molecule has 0 aliphatic heterocycles. The number of aryl methyl sites for hydroxylation is 1. The van der Waals surface area contributed by atoms with Crippen LogP contribution < -0.4 is 5.32 Å². The average molecular weight is 235 g/mol. The molecule has 1 aromatic heterocycles. The van der Waals surface area contributed by atoms with Gasteiger partial charge in [-0.1, -0.05) is 0 Å². The zero-order chi connectivity index (χ0) is 11.5. The first kappa shape index (κ1) is 11.1. The van der Waals surface area contributed by atoms with Crippen molar-refractivity contribution >= 4 is 17.0 Å². The van der Waals surface area contributed by atoms with Crippen LogP contribution in [0.1, 0.15) is 22.7 Å². The molecule has 0 amide bonds. The quantitative estimate of drug-likeness (QED) is 0.833. The number of halogens is 1. The molecule has 1 aromatic carbocycles. The van der Waals surface area contributed by atoms with Crippen molar-refractivity contribution in [2.45, 2.75) is 19.9 Å². The van der Waals surface area contributed by atoms with E-state index in [1.54, 1.807) is 23.5 Å². The Morgan fingerprint density at radius 2 is 1.81 bits per heavy atom. The van der Waals surface area contributed by atoms with Gasteiger partial charge in [0.15, 0.2) is 0 Å². The first-order valence-corrected chi connectivity index (χ1v) is 6.05. The van der Waals surface area contributed by atoms with E-state index in [-0.39, 0.29) is 11.9 Å². The van der Waals surface area contributed by atoms with Gasteiger partial charge >= 0.3 is 0 Å². The number of nitrogens with one attached hydrogen (secondary N) is 1. The van der Waals surface area contributed by atoms with Gasteiger partial charge < -0.3 is 5.32 Å². The van der Waals surface area contributed by atoms with Crippen molar-refractivity contribution in [2.24, 2.45) is 0 Å². The van der Waals surface area contributed by atoms with Crippen LogP contribution in [0, 0.1) is 12.7 Å². The second-order valence-corrected chi connectivity index (χ2v) is 5.14. The molecule has 0 spiro atoms. The van der Waals surface area contributed by atoms with Crippen molar-refractivity contribution in [1.82, 2.24) is 0 Å². The monoisotopic (exact) mass is 235 g/mol. The van der Waals surface area contributed by atoms with Crippen LogP contribution in [0.15, 0.2) is 36.4 Å². The topological polar surface area (TPSA) is 12.0 Å². The molecule has 1 N–H and O–H groups in total. The summed E-state index contributed by atoms with van der Waals surface area (Å²) in [7, 11) is 0. The van der Waals surface area contributed by atoms with Crippen LogP contribution in [0.25, 0.3) is 0 Å². The first-order chi connectivity index (χ1) is 7.65. The van der Waals surface area contributed by atoms with Crippen molar-refractivity contribution < 1.29 is 4.39 Å². The lowest BCUT2D eigenvalue weighted by Gasteiger charge is -2.13. The van der Waals surface area contributed by atoms with E-state index in [1.165, 1.54) is 21.9 Å². The van der Waals surface area contributed by atoms with Crippen molar-refractivity contribution in [3.63, 3.8) is 0 Å². The molecule has 0 bridgehead atoms. The number of rotatable bonds is 3. The van der Waals surface area contributed by atoms with Crippen LogP contribution in [0.3, 0.4) is 0 Å². The molecule has 1 nitrogen and oxygen atoms in total. The van der Waals surface area contributed by atoms with Crippen LogP contribution >= 0.6 is 11.3 Å². The predicted octanol–water partition coefficient (Wildman–Crippen LogP) is 4.37. The van der Waals surface area contributed by atoms with Gasteiger partial charge in [0.05, 0.1) is 6.04 Å². The Morgan fingerprint density at radius 3 is 2.38 bits per heavy atom. The Hall–Kier alpha value is -1.35. The SMILES string of the molecule is Cc1ccc(C(C)Nc2ccc(F)cc2)s1. The third kappa shape index (κ3) is 2.61. The van der Waals surface area contributed by atoms with E-state index >= 15 is 0 Å². The normalized spacial score (nSPS) is 12.4. The molecule has 3 heteroatoms. The minimum Gasteiger partial charge on any atom is -0.378 e. The summed E-state index contributed by atoms with van der Waals surface area (Å²) >= 11 is 1.78. The molecule has 0 saturated heterocycles. The van der Waals surface area contributed by atoms with E-state index in [0.29, 0.717) is 0 Å². The summed E-state index contributed by atoms with van der Waals surface area (Å²) in [6.45, 7) is 4.20. The van der Waals surface area contributed by atoms with Gasteiger partial charge in [-0.2, -0.15) is 0 Å². The van der Waals surface area contributed by atoms with E-state index in [4.69, 9.17) is 0 Å². The maximum atomic E-state index is 12.7. The smallest absolute Gasteiger partial charge is 0.123 e. The maximum Gasteiger partial charge on any atom is 0.123 e. The van der Waals surface area contributed by atoms with Gasteiger partial charge in [0, 0.05) is 15.4 Å². The van der Waals surface area contributed by atoms with Gasteiger partial charge in [0.2, 0.25) is 0 Å². The van der Waals surface area contributed by atoms with E-state index in [1.807, 2.05) is 0 Å². The molecule has 0 saturated carbocycles. The maximum absolute atomic E-state index is 12.7.